The van der Waals surface area contributed by atoms with E-state index in [9.17, 15) is 0 Å². The number of halogens is 1. The average molecular weight is 352 g/mol. The van der Waals surface area contributed by atoms with Crippen molar-refractivity contribution < 1.29 is 0 Å². The van der Waals surface area contributed by atoms with Crippen LogP contribution in [0, 0.1) is 5.41 Å². The predicted molar refractivity (Wildman–Crippen MR) is 97.5 cm³/mol. The van der Waals surface area contributed by atoms with Crippen molar-refractivity contribution in [2.75, 3.05) is 23.3 Å². The summed E-state index contributed by atoms with van der Waals surface area (Å²) in [6, 6.07) is 11.0. The Labute approximate surface area is 139 Å². The topological polar surface area (TPSA) is 3.24 Å². The SMILES string of the molecule is CCCCN(CC1(CBr)CCCCCC1)c1ccccc1. The number of nitrogens with zero attached hydrogens (tertiary/aromatic N) is 1. The third-order valence-electron chi connectivity index (χ3n) is 4.88. The van der Waals surface area contributed by atoms with Gasteiger partial charge in [0.05, 0.1) is 0 Å². The first-order valence-electron chi connectivity index (χ1n) is 8.66. The molecule has 0 bridgehead atoms. The number of hydrogen-bond donors (Lipinski definition) is 0. The minimum Gasteiger partial charge on any atom is -0.371 e. The second-order valence-corrected chi connectivity index (χ2v) is 7.22. The summed E-state index contributed by atoms with van der Waals surface area (Å²) in [7, 11) is 0. The lowest BCUT2D eigenvalue weighted by Gasteiger charge is -2.38. The van der Waals surface area contributed by atoms with Gasteiger partial charge in [-0.2, -0.15) is 0 Å². The van der Waals surface area contributed by atoms with Crippen molar-refractivity contribution in [3.05, 3.63) is 30.3 Å². The Morgan fingerprint density at radius 3 is 2.29 bits per heavy atom. The van der Waals surface area contributed by atoms with Crippen LogP contribution in [-0.2, 0) is 0 Å². The van der Waals surface area contributed by atoms with Gasteiger partial charge in [0, 0.05) is 24.1 Å². The molecule has 0 amide bonds. The van der Waals surface area contributed by atoms with E-state index in [4.69, 9.17) is 0 Å². The van der Waals surface area contributed by atoms with Crippen LogP contribution in [-0.4, -0.2) is 18.4 Å². The van der Waals surface area contributed by atoms with Gasteiger partial charge in [-0.3, -0.25) is 0 Å². The lowest BCUT2D eigenvalue weighted by Crippen LogP contribution is -2.39. The Balaban J connectivity index is 2.12. The van der Waals surface area contributed by atoms with Crippen LogP contribution in [0.5, 0.6) is 0 Å². The zero-order valence-corrected chi connectivity index (χ0v) is 15.1. The van der Waals surface area contributed by atoms with Gasteiger partial charge in [0.15, 0.2) is 0 Å². The zero-order valence-electron chi connectivity index (χ0n) is 13.5. The molecule has 1 aromatic rings. The quantitative estimate of drug-likeness (QED) is 0.428. The molecule has 0 spiro atoms. The Morgan fingerprint density at radius 2 is 1.71 bits per heavy atom. The summed E-state index contributed by atoms with van der Waals surface area (Å²) in [5.74, 6) is 0. The molecule has 21 heavy (non-hydrogen) atoms. The minimum atomic E-state index is 0.472. The van der Waals surface area contributed by atoms with Crippen LogP contribution in [0.15, 0.2) is 30.3 Å². The number of unbranched alkanes of at least 4 members (excludes halogenated alkanes) is 1. The molecule has 1 aliphatic rings. The van der Waals surface area contributed by atoms with E-state index in [-0.39, 0.29) is 0 Å². The molecule has 1 aromatic carbocycles. The van der Waals surface area contributed by atoms with Crippen LogP contribution in [0.4, 0.5) is 5.69 Å². The highest BCUT2D eigenvalue weighted by Crippen LogP contribution is 2.38. The third kappa shape index (κ3) is 5.02. The molecule has 0 unspecified atom stereocenters. The lowest BCUT2D eigenvalue weighted by molar-refractivity contribution is 0.290. The monoisotopic (exact) mass is 351 g/mol. The molecule has 0 N–H and O–H groups in total. The van der Waals surface area contributed by atoms with E-state index >= 15 is 0 Å². The molecule has 2 heteroatoms. The molecule has 0 radical (unpaired) electrons. The van der Waals surface area contributed by atoms with E-state index in [1.807, 2.05) is 0 Å². The highest BCUT2D eigenvalue weighted by atomic mass is 79.9. The molecule has 1 nitrogen and oxygen atoms in total. The van der Waals surface area contributed by atoms with Crippen molar-refractivity contribution in [2.45, 2.75) is 58.3 Å². The Hall–Kier alpha value is -0.500. The Bertz CT molecular complexity index is 382. The molecule has 0 saturated heterocycles. The molecule has 0 aromatic heterocycles. The number of hydrogen-bond acceptors (Lipinski definition) is 1. The standard InChI is InChI=1S/C19H30BrN/c1-2-3-15-21(18-11-7-6-8-12-18)17-19(16-20)13-9-4-5-10-14-19/h6-8,11-12H,2-5,9-10,13-17H2,1H3. The summed E-state index contributed by atoms with van der Waals surface area (Å²) in [5, 5.41) is 1.15. The van der Waals surface area contributed by atoms with E-state index in [1.54, 1.807) is 0 Å². The third-order valence-corrected chi connectivity index (χ3v) is 6.07. The van der Waals surface area contributed by atoms with E-state index in [0.717, 1.165) is 5.33 Å². The summed E-state index contributed by atoms with van der Waals surface area (Å²) in [5.41, 5.74) is 1.87. The molecule has 0 aliphatic heterocycles. The highest BCUT2D eigenvalue weighted by molar-refractivity contribution is 9.09. The lowest BCUT2D eigenvalue weighted by atomic mass is 9.81. The van der Waals surface area contributed by atoms with Crippen LogP contribution in [0.1, 0.15) is 58.3 Å². The molecular weight excluding hydrogens is 322 g/mol. The van der Waals surface area contributed by atoms with Gasteiger partial charge in [-0.15, -0.1) is 0 Å². The van der Waals surface area contributed by atoms with Crippen LogP contribution >= 0.6 is 15.9 Å². The number of para-hydroxylation sites is 1. The number of anilines is 1. The highest BCUT2D eigenvalue weighted by Gasteiger charge is 2.32. The zero-order chi connectivity index (χ0) is 15.0. The van der Waals surface area contributed by atoms with Gasteiger partial charge in [0.2, 0.25) is 0 Å². The van der Waals surface area contributed by atoms with Crippen molar-refractivity contribution in [2.24, 2.45) is 5.41 Å². The Kier molecular flexibility index (Phi) is 7.09. The van der Waals surface area contributed by atoms with Crippen LogP contribution < -0.4 is 4.90 Å². The predicted octanol–water partition coefficient (Wildman–Crippen LogP) is 6.03. The Morgan fingerprint density at radius 1 is 1.05 bits per heavy atom. The molecule has 0 atom stereocenters. The number of rotatable bonds is 7. The van der Waals surface area contributed by atoms with E-state index in [0.29, 0.717) is 5.41 Å². The molecule has 0 heterocycles. The fraction of sp³-hybridized carbons (Fsp3) is 0.684. The average Bonchev–Trinajstić information content (AvgIpc) is 2.78. The maximum absolute atomic E-state index is 3.85. The van der Waals surface area contributed by atoms with Gasteiger partial charge >= 0.3 is 0 Å². The van der Waals surface area contributed by atoms with Gasteiger partial charge < -0.3 is 4.90 Å². The maximum Gasteiger partial charge on any atom is 0.0366 e. The van der Waals surface area contributed by atoms with E-state index < -0.39 is 0 Å². The molecule has 2 rings (SSSR count). The first kappa shape index (κ1) is 16.9. The fourth-order valence-corrected chi connectivity index (χ4v) is 4.24. The van der Waals surface area contributed by atoms with Crippen molar-refractivity contribution >= 4 is 21.6 Å². The van der Waals surface area contributed by atoms with Crippen LogP contribution in [0.25, 0.3) is 0 Å². The van der Waals surface area contributed by atoms with Gasteiger partial charge in [-0.1, -0.05) is 73.2 Å². The number of alkyl halides is 1. The fourth-order valence-electron chi connectivity index (χ4n) is 3.50. The van der Waals surface area contributed by atoms with Crippen molar-refractivity contribution in [1.29, 1.82) is 0 Å². The summed E-state index contributed by atoms with van der Waals surface area (Å²) in [6.45, 7) is 4.69. The first-order chi connectivity index (χ1) is 10.3. The van der Waals surface area contributed by atoms with Crippen LogP contribution in [0.3, 0.4) is 0 Å². The summed E-state index contributed by atoms with van der Waals surface area (Å²) < 4.78 is 0. The van der Waals surface area contributed by atoms with Gasteiger partial charge in [0.1, 0.15) is 0 Å². The normalized spacial score (nSPS) is 18.2. The maximum atomic E-state index is 3.85. The first-order valence-corrected chi connectivity index (χ1v) is 9.78. The summed E-state index contributed by atoms with van der Waals surface area (Å²) in [4.78, 5) is 2.64. The molecule has 118 valence electrons. The second-order valence-electron chi connectivity index (χ2n) is 6.66. The molecular formula is C19H30BrN. The van der Waals surface area contributed by atoms with Crippen molar-refractivity contribution in [3.8, 4) is 0 Å². The molecule has 1 aliphatic carbocycles. The largest absolute Gasteiger partial charge is 0.371 e. The van der Waals surface area contributed by atoms with Gasteiger partial charge in [-0.05, 0) is 36.8 Å². The van der Waals surface area contributed by atoms with Crippen molar-refractivity contribution in [3.63, 3.8) is 0 Å². The summed E-state index contributed by atoms with van der Waals surface area (Å²) >= 11 is 3.85. The molecule has 1 saturated carbocycles. The van der Waals surface area contributed by atoms with E-state index in [1.165, 1.54) is 70.1 Å². The smallest absolute Gasteiger partial charge is 0.0366 e. The second kappa shape index (κ2) is 8.82. The van der Waals surface area contributed by atoms with Gasteiger partial charge in [-0.25, -0.2) is 0 Å². The van der Waals surface area contributed by atoms with Gasteiger partial charge in [0.25, 0.3) is 0 Å². The van der Waals surface area contributed by atoms with E-state index in [2.05, 4.69) is 58.1 Å². The number of benzene rings is 1. The van der Waals surface area contributed by atoms with Crippen molar-refractivity contribution in [1.82, 2.24) is 0 Å². The minimum absolute atomic E-state index is 0.472. The van der Waals surface area contributed by atoms with Crippen LogP contribution in [0.2, 0.25) is 0 Å². The molecule has 1 fully saturated rings. The summed E-state index contributed by atoms with van der Waals surface area (Å²) in [6.07, 6.45) is 11.0.